The molecule has 5 nitrogen and oxygen atoms in total. The van der Waals surface area contributed by atoms with Crippen LogP contribution < -0.4 is 0 Å². The minimum absolute atomic E-state index is 0.0962. The first kappa shape index (κ1) is 17.4. The maximum Gasteiger partial charge on any atom is 0.251 e. The van der Waals surface area contributed by atoms with Crippen molar-refractivity contribution < 1.29 is 14.6 Å². The van der Waals surface area contributed by atoms with E-state index in [4.69, 9.17) is 4.74 Å². The van der Waals surface area contributed by atoms with Crippen molar-refractivity contribution in [3.8, 4) is 0 Å². The first-order valence-electron chi connectivity index (χ1n) is 8.99. The van der Waals surface area contributed by atoms with Crippen LogP contribution in [-0.2, 0) is 9.53 Å². The van der Waals surface area contributed by atoms with E-state index in [1.807, 2.05) is 42.2 Å². The third-order valence-corrected chi connectivity index (χ3v) is 4.93. The fraction of sp³-hybridized carbons (Fsp3) is 0.632. The zero-order chi connectivity index (χ0) is 16.9. The van der Waals surface area contributed by atoms with Crippen LogP contribution in [0, 0.1) is 5.92 Å². The highest BCUT2D eigenvalue weighted by atomic mass is 16.5. The van der Waals surface area contributed by atoms with Crippen LogP contribution in [0.4, 0.5) is 0 Å². The predicted molar refractivity (Wildman–Crippen MR) is 92.6 cm³/mol. The first-order chi connectivity index (χ1) is 11.6. The molecule has 1 aliphatic carbocycles. The number of hydrogen-bond acceptors (Lipinski definition) is 4. The zero-order valence-electron chi connectivity index (χ0n) is 14.4. The Morgan fingerprint density at radius 3 is 2.50 bits per heavy atom. The summed E-state index contributed by atoms with van der Waals surface area (Å²) < 4.78 is 5.69. The largest absolute Gasteiger partial charge is 0.387 e. The van der Waals surface area contributed by atoms with Gasteiger partial charge in [-0.2, -0.15) is 0 Å². The third kappa shape index (κ3) is 4.79. The van der Waals surface area contributed by atoms with Gasteiger partial charge in [-0.05, 0) is 31.2 Å². The Morgan fingerprint density at radius 2 is 1.88 bits per heavy atom. The number of piperazine rings is 1. The number of amides is 1. The molecule has 0 unspecified atom stereocenters. The molecule has 1 saturated heterocycles. The number of ether oxygens (including phenoxy) is 1. The van der Waals surface area contributed by atoms with Gasteiger partial charge in [0.15, 0.2) is 0 Å². The SMILES string of the molecule is C[C@@H](OCC1CC1)C(=O)N1CCN(C[C@@H](O)c2ccccc2)CC1. The fourth-order valence-corrected chi connectivity index (χ4v) is 3.07. The second-order valence-corrected chi connectivity index (χ2v) is 6.97. The summed E-state index contributed by atoms with van der Waals surface area (Å²) >= 11 is 0. The molecule has 1 amide bonds. The first-order valence-corrected chi connectivity index (χ1v) is 8.99. The van der Waals surface area contributed by atoms with Gasteiger partial charge in [-0.3, -0.25) is 9.69 Å². The van der Waals surface area contributed by atoms with E-state index < -0.39 is 6.10 Å². The lowest BCUT2D eigenvalue weighted by Gasteiger charge is -2.36. The number of carbonyl (C=O) groups is 1. The van der Waals surface area contributed by atoms with Crippen molar-refractivity contribution in [1.82, 2.24) is 9.80 Å². The normalized spacial score (nSPS) is 21.5. The molecule has 0 spiro atoms. The highest BCUT2D eigenvalue weighted by molar-refractivity contribution is 5.80. The Kier molecular flexibility index (Phi) is 5.87. The van der Waals surface area contributed by atoms with Gasteiger partial charge < -0.3 is 14.7 Å². The Bertz CT molecular complexity index is 525. The number of rotatable bonds is 7. The molecule has 2 fully saturated rings. The van der Waals surface area contributed by atoms with E-state index in [0.29, 0.717) is 25.6 Å². The van der Waals surface area contributed by atoms with Crippen LogP contribution >= 0.6 is 0 Å². The Balaban J connectivity index is 1.40. The van der Waals surface area contributed by atoms with Gasteiger partial charge in [0.25, 0.3) is 5.91 Å². The molecule has 0 bridgehead atoms. The van der Waals surface area contributed by atoms with Gasteiger partial charge in [0.05, 0.1) is 12.7 Å². The quantitative estimate of drug-likeness (QED) is 0.825. The molecular formula is C19H28N2O3. The lowest BCUT2D eigenvalue weighted by molar-refractivity contribution is -0.144. The van der Waals surface area contributed by atoms with Gasteiger partial charge in [-0.25, -0.2) is 0 Å². The van der Waals surface area contributed by atoms with Crippen molar-refractivity contribution in [2.45, 2.75) is 32.0 Å². The average molecular weight is 332 g/mol. The monoisotopic (exact) mass is 332 g/mol. The van der Waals surface area contributed by atoms with Gasteiger partial charge in [-0.15, -0.1) is 0 Å². The van der Waals surface area contributed by atoms with E-state index in [1.54, 1.807) is 0 Å². The summed E-state index contributed by atoms with van der Waals surface area (Å²) in [4.78, 5) is 16.5. The van der Waals surface area contributed by atoms with E-state index in [-0.39, 0.29) is 12.0 Å². The molecule has 1 aromatic rings. The van der Waals surface area contributed by atoms with Crippen LogP contribution in [0.2, 0.25) is 0 Å². The number of aliphatic hydroxyl groups is 1. The number of nitrogens with zero attached hydrogens (tertiary/aromatic N) is 2. The van der Waals surface area contributed by atoms with Crippen molar-refractivity contribution in [3.05, 3.63) is 35.9 Å². The minimum Gasteiger partial charge on any atom is -0.387 e. The zero-order valence-corrected chi connectivity index (χ0v) is 14.4. The van der Waals surface area contributed by atoms with Crippen molar-refractivity contribution in [3.63, 3.8) is 0 Å². The smallest absolute Gasteiger partial charge is 0.251 e. The van der Waals surface area contributed by atoms with E-state index in [0.717, 1.165) is 25.3 Å². The van der Waals surface area contributed by atoms with Crippen molar-refractivity contribution >= 4 is 5.91 Å². The van der Waals surface area contributed by atoms with Crippen molar-refractivity contribution in [1.29, 1.82) is 0 Å². The second-order valence-electron chi connectivity index (χ2n) is 6.97. The van der Waals surface area contributed by atoms with Crippen LogP contribution in [0.1, 0.15) is 31.4 Å². The van der Waals surface area contributed by atoms with Gasteiger partial charge >= 0.3 is 0 Å². The van der Waals surface area contributed by atoms with Crippen LogP contribution in [-0.4, -0.2) is 66.2 Å². The van der Waals surface area contributed by atoms with Gasteiger partial charge in [0, 0.05) is 32.7 Å². The molecule has 2 aliphatic rings. The fourth-order valence-electron chi connectivity index (χ4n) is 3.07. The number of benzene rings is 1. The van der Waals surface area contributed by atoms with Crippen LogP contribution in [0.5, 0.6) is 0 Å². The highest BCUT2D eigenvalue weighted by Crippen LogP contribution is 2.29. The maximum absolute atomic E-state index is 12.4. The van der Waals surface area contributed by atoms with Gasteiger partial charge in [0.2, 0.25) is 0 Å². The summed E-state index contributed by atoms with van der Waals surface area (Å²) in [5.74, 6) is 0.774. The standard InChI is InChI=1S/C19H28N2O3/c1-15(24-14-16-7-8-16)19(23)21-11-9-20(10-12-21)13-18(22)17-5-3-2-4-6-17/h2-6,15-16,18,22H,7-14H2,1H3/t15-,18-/m1/s1. The summed E-state index contributed by atoms with van der Waals surface area (Å²) in [7, 11) is 0. The lowest BCUT2D eigenvalue weighted by atomic mass is 10.1. The number of aliphatic hydroxyl groups excluding tert-OH is 1. The molecule has 2 atom stereocenters. The van der Waals surface area contributed by atoms with E-state index in [1.165, 1.54) is 12.8 Å². The topological polar surface area (TPSA) is 53.0 Å². The second kappa shape index (κ2) is 8.10. The Morgan fingerprint density at radius 1 is 1.21 bits per heavy atom. The highest BCUT2D eigenvalue weighted by Gasteiger charge is 2.28. The summed E-state index contributed by atoms with van der Waals surface area (Å²) in [6, 6.07) is 9.73. The van der Waals surface area contributed by atoms with E-state index in [2.05, 4.69) is 4.90 Å². The molecule has 1 heterocycles. The minimum atomic E-state index is -0.478. The predicted octanol–water partition coefficient (Wildman–Crippen LogP) is 1.68. The van der Waals surface area contributed by atoms with Crippen molar-refractivity contribution in [2.24, 2.45) is 5.92 Å². The van der Waals surface area contributed by atoms with Gasteiger partial charge in [0.1, 0.15) is 6.10 Å². The van der Waals surface area contributed by atoms with Gasteiger partial charge in [-0.1, -0.05) is 30.3 Å². The molecule has 1 aliphatic heterocycles. The lowest BCUT2D eigenvalue weighted by Crippen LogP contribution is -2.52. The maximum atomic E-state index is 12.4. The van der Waals surface area contributed by atoms with Crippen molar-refractivity contribution in [2.75, 3.05) is 39.3 Å². The molecule has 1 aromatic carbocycles. The molecule has 3 rings (SSSR count). The van der Waals surface area contributed by atoms with Crippen LogP contribution in [0.25, 0.3) is 0 Å². The Hall–Kier alpha value is -1.43. The molecule has 5 heteroatoms. The molecule has 1 saturated carbocycles. The van der Waals surface area contributed by atoms with Crippen LogP contribution in [0.3, 0.4) is 0 Å². The average Bonchev–Trinajstić information content (AvgIpc) is 3.45. The summed E-state index contributed by atoms with van der Waals surface area (Å²) in [5.41, 5.74) is 0.943. The molecule has 1 N–H and O–H groups in total. The van der Waals surface area contributed by atoms with Crippen LogP contribution in [0.15, 0.2) is 30.3 Å². The molecule has 0 radical (unpaired) electrons. The number of hydrogen-bond donors (Lipinski definition) is 1. The van der Waals surface area contributed by atoms with E-state index >= 15 is 0 Å². The van der Waals surface area contributed by atoms with E-state index in [9.17, 15) is 9.90 Å². The molecule has 0 aromatic heterocycles. The summed E-state index contributed by atoms with van der Waals surface area (Å²) in [6.45, 7) is 6.19. The number of β-amino-alcohol motifs (C(OH)–C–C–N with tert-alkyl or cyclic N) is 1. The Labute approximate surface area is 144 Å². The summed E-state index contributed by atoms with van der Waals surface area (Å²) in [6.07, 6.45) is 1.66. The molecular weight excluding hydrogens is 304 g/mol. The molecule has 132 valence electrons. The third-order valence-electron chi connectivity index (χ3n) is 4.93. The molecule has 24 heavy (non-hydrogen) atoms. The number of carbonyl (C=O) groups excluding carboxylic acids is 1. The summed E-state index contributed by atoms with van der Waals surface area (Å²) in [5, 5.41) is 10.3.